The zero-order valence-electron chi connectivity index (χ0n) is 11.4. The fourth-order valence-electron chi connectivity index (χ4n) is 4.11. The van der Waals surface area contributed by atoms with Gasteiger partial charge in [-0.15, -0.1) is 29.8 Å². The fourth-order valence-corrected chi connectivity index (χ4v) is 4.11. The SMILES string of the molecule is Br.C#CCN1CC2(C)CN(CC#C)CC(C)(C1)C2. The van der Waals surface area contributed by atoms with E-state index >= 15 is 0 Å². The standard InChI is InChI=1S/C15H22N2.BrH/c1-5-7-16-10-14(3)9-15(4,11-16)13-17(12-14)8-6-2;/h1-2H,7-13H2,3-4H3;1H. The van der Waals surface area contributed by atoms with Gasteiger partial charge in [0.25, 0.3) is 0 Å². The van der Waals surface area contributed by atoms with Gasteiger partial charge >= 0.3 is 0 Å². The second kappa shape index (κ2) is 5.66. The van der Waals surface area contributed by atoms with Crippen molar-refractivity contribution in [2.24, 2.45) is 10.8 Å². The largest absolute Gasteiger partial charge is 0.291 e. The predicted octanol–water partition coefficient (Wildman–Crippen LogP) is 1.86. The molecule has 0 aromatic heterocycles. The summed E-state index contributed by atoms with van der Waals surface area (Å²) in [6, 6.07) is 0. The van der Waals surface area contributed by atoms with Crippen LogP contribution in [0.4, 0.5) is 0 Å². The van der Waals surface area contributed by atoms with Crippen molar-refractivity contribution < 1.29 is 0 Å². The Morgan fingerprint density at radius 1 is 0.889 bits per heavy atom. The summed E-state index contributed by atoms with van der Waals surface area (Å²) >= 11 is 0. The van der Waals surface area contributed by atoms with Crippen molar-refractivity contribution in [1.82, 2.24) is 9.80 Å². The molecule has 2 bridgehead atoms. The highest BCUT2D eigenvalue weighted by Gasteiger charge is 2.47. The third-order valence-corrected chi connectivity index (χ3v) is 3.90. The molecule has 0 atom stereocenters. The smallest absolute Gasteiger partial charge is 0.0599 e. The lowest BCUT2D eigenvalue weighted by molar-refractivity contribution is -0.0655. The average molecular weight is 311 g/mol. The van der Waals surface area contributed by atoms with Gasteiger partial charge in [0.1, 0.15) is 0 Å². The van der Waals surface area contributed by atoms with Crippen molar-refractivity contribution >= 4 is 17.0 Å². The van der Waals surface area contributed by atoms with Gasteiger partial charge in [-0.3, -0.25) is 9.80 Å². The summed E-state index contributed by atoms with van der Waals surface area (Å²) in [4.78, 5) is 4.85. The van der Waals surface area contributed by atoms with Crippen LogP contribution in [0.15, 0.2) is 0 Å². The molecule has 2 aliphatic rings. The maximum atomic E-state index is 5.44. The number of fused-ring (bicyclic) bond motifs is 2. The summed E-state index contributed by atoms with van der Waals surface area (Å²) in [6.45, 7) is 10.7. The Hall–Kier alpha value is -0.480. The fraction of sp³-hybridized carbons (Fsp3) is 0.733. The summed E-state index contributed by atoms with van der Waals surface area (Å²) in [7, 11) is 0. The van der Waals surface area contributed by atoms with Crippen LogP contribution in [-0.4, -0.2) is 49.1 Å². The van der Waals surface area contributed by atoms with Crippen molar-refractivity contribution in [3.63, 3.8) is 0 Å². The van der Waals surface area contributed by atoms with Crippen LogP contribution < -0.4 is 0 Å². The van der Waals surface area contributed by atoms with E-state index in [0.717, 1.165) is 39.3 Å². The molecule has 100 valence electrons. The molecule has 0 saturated carbocycles. The molecule has 2 nitrogen and oxygen atoms in total. The van der Waals surface area contributed by atoms with E-state index in [0.29, 0.717) is 10.8 Å². The number of halogens is 1. The van der Waals surface area contributed by atoms with Gasteiger partial charge in [0.2, 0.25) is 0 Å². The second-order valence-corrected chi connectivity index (χ2v) is 6.50. The molecule has 2 heterocycles. The minimum Gasteiger partial charge on any atom is -0.291 e. The number of hydrogen-bond donors (Lipinski definition) is 0. The summed E-state index contributed by atoms with van der Waals surface area (Å²) in [5.74, 6) is 5.55. The first-order chi connectivity index (χ1) is 7.99. The molecule has 2 aliphatic heterocycles. The van der Waals surface area contributed by atoms with Crippen LogP contribution in [0.2, 0.25) is 0 Å². The minimum absolute atomic E-state index is 0. The van der Waals surface area contributed by atoms with Crippen LogP contribution >= 0.6 is 17.0 Å². The predicted molar refractivity (Wildman–Crippen MR) is 81.7 cm³/mol. The zero-order chi connectivity index (χ0) is 12.5. The molecule has 0 aliphatic carbocycles. The summed E-state index contributed by atoms with van der Waals surface area (Å²) in [6.07, 6.45) is 12.2. The molecule has 0 radical (unpaired) electrons. The number of piperidine rings is 2. The molecule has 2 fully saturated rings. The molecular weight excluding hydrogens is 288 g/mol. The molecule has 2 rings (SSSR count). The Morgan fingerprint density at radius 2 is 1.22 bits per heavy atom. The van der Waals surface area contributed by atoms with Gasteiger partial charge in [0.05, 0.1) is 13.1 Å². The molecular formula is C15H23BrN2. The van der Waals surface area contributed by atoms with Crippen molar-refractivity contribution in [3.8, 4) is 24.7 Å². The molecule has 3 heteroatoms. The first-order valence-electron chi connectivity index (χ1n) is 6.30. The third kappa shape index (κ3) is 3.29. The molecule has 18 heavy (non-hydrogen) atoms. The van der Waals surface area contributed by atoms with Crippen molar-refractivity contribution in [3.05, 3.63) is 0 Å². The topological polar surface area (TPSA) is 6.48 Å². The van der Waals surface area contributed by atoms with E-state index < -0.39 is 0 Å². The molecule has 2 saturated heterocycles. The van der Waals surface area contributed by atoms with E-state index in [1.807, 2.05) is 0 Å². The van der Waals surface area contributed by atoms with Crippen LogP contribution in [-0.2, 0) is 0 Å². The summed E-state index contributed by atoms with van der Waals surface area (Å²) in [5, 5.41) is 0. The average Bonchev–Trinajstić information content (AvgIpc) is 2.13. The highest BCUT2D eigenvalue weighted by atomic mass is 79.9. The monoisotopic (exact) mass is 310 g/mol. The number of terminal acetylenes is 2. The van der Waals surface area contributed by atoms with Crippen molar-refractivity contribution in [1.29, 1.82) is 0 Å². The van der Waals surface area contributed by atoms with Crippen LogP contribution in [0.1, 0.15) is 20.3 Å². The summed E-state index contributed by atoms with van der Waals surface area (Å²) < 4.78 is 0. The van der Waals surface area contributed by atoms with Gasteiger partial charge in [0, 0.05) is 26.2 Å². The first kappa shape index (κ1) is 15.6. The van der Waals surface area contributed by atoms with Crippen LogP contribution in [0, 0.1) is 35.5 Å². The molecule has 0 aromatic rings. The van der Waals surface area contributed by atoms with Crippen molar-refractivity contribution in [2.45, 2.75) is 20.3 Å². The van der Waals surface area contributed by atoms with Gasteiger partial charge in [-0.05, 0) is 17.3 Å². The van der Waals surface area contributed by atoms with Crippen LogP contribution in [0.25, 0.3) is 0 Å². The zero-order valence-corrected chi connectivity index (χ0v) is 13.1. The summed E-state index contributed by atoms with van der Waals surface area (Å²) in [5.41, 5.74) is 0.692. The number of likely N-dealkylation sites (tertiary alicyclic amines) is 2. The number of nitrogens with zero attached hydrogens (tertiary/aromatic N) is 2. The highest BCUT2D eigenvalue weighted by molar-refractivity contribution is 8.93. The first-order valence-corrected chi connectivity index (χ1v) is 6.30. The lowest BCUT2D eigenvalue weighted by atomic mass is 9.65. The van der Waals surface area contributed by atoms with Gasteiger partial charge in [-0.2, -0.15) is 0 Å². The van der Waals surface area contributed by atoms with E-state index in [9.17, 15) is 0 Å². The molecule has 0 unspecified atom stereocenters. The molecule has 0 N–H and O–H groups in total. The van der Waals surface area contributed by atoms with Gasteiger partial charge in [-0.25, -0.2) is 0 Å². The van der Waals surface area contributed by atoms with Gasteiger partial charge < -0.3 is 0 Å². The third-order valence-electron chi connectivity index (χ3n) is 3.90. The normalized spacial score (nSPS) is 36.2. The van der Waals surface area contributed by atoms with Gasteiger partial charge in [0.15, 0.2) is 0 Å². The molecule has 0 amide bonds. The maximum absolute atomic E-state index is 5.44. The Kier molecular flexibility index (Phi) is 4.90. The van der Waals surface area contributed by atoms with Crippen LogP contribution in [0.3, 0.4) is 0 Å². The van der Waals surface area contributed by atoms with E-state index in [4.69, 9.17) is 12.8 Å². The Balaban J connectivity index is 0.00000162. The quantitative estimate of drug-likeness (QED) is 0.718. The van der Waals surface area contributed by atoms with Gasteiger partial charge in [-0.1, -0.05) is 25.7 Å². The minimum atomic E-state index is 0. The van der Waals surface area contributed by atoms with E-state index in [-0.39, 0.29) is 17.0 Å². The lowest BCUT2D eigenvalue weighted by Crippen LogP contribution is -2.62. The van der Waals surface area contributed by atoms with Crippen molar-refractivity contribution in [2.75, 3.05) is 39.3 Å². The Labute approximate surface area is 122 Å². The van der Waals surface area contributed by atoms with E-state index in [1.54, 1.807) is 0 Å². The van der Waals surface area contributed by atoms with E-state index in [2.05, 4.69) is 35.5 Å². The molecule has 0 aromatic carbocycles. The number of hydrogen-bond acceptors (Lipinski definition) is 2. The molecule has 0 spiro atoms. The number of rotatable bonds is 2. The highest BCUT2D eigenvalue weighted by Crippen LogP contribution is 2.45. The second-order valence-electron chi connectivity index (χ2n) is 6.50. The maximum Gasteiger partial charge on any atom is 0.0599 e. The Bertz CT molecular complexity index is 329. The van der Waals surface area contributed by atoms with Crippen LogP contribution in [0.5, 0.6) is 0 Å². The Morgan fingerprint density at radius 3 is 1.50 bits per heavy atom. The lowest BCUT2D eigenvalue weighted by Gasteiger charge is -2.56. The van der Waals surface area contributed by atoms with E-state index in [1.165, 1.54) is 6.42 Å².